The molecule has 2 aliphatic heterocycles. The molecule has 0 radical (unpaired) electrons. The van der Waals surface area contributed by atoms with E-state index in [4.69, 9.17) is 17.7 Å². The number of piperidine rings is 1. The highest BCUT2D eigenvalue weighted by atomic mass is 32.1. The third-order valence-electron chi connectivity index (χ3n) is 6.92. The van der Waals surface area contributed by atoms with Crippen LogP contribution in [0.3, 0.4) is 0 Å². The van der Waals surface area contributed by atoms with Gasteiger partial charge in [-0.05, 0) is 30.9 Å². The second-order valence-corrected chi connectivity index (χ2v) is 10.0. The van der Waals surface area contributed by atoms with E-state index in [0.717, 1.165) is 24.8 Å². The Morgan fingerprint density at radius 3 is 2.59 bits per heavy atom. The van der Waals surface area contributed by atoms with Gasteiger partial charge in [0.2, 0.25) is 5.91 Å². The van der Waals surface area contributed by atoms with Crippen LogP contribution in [0.2, 0.25) is 0 Å². The summed E-state index contributed by atoms with van der Waals surface area (Å²) in [5.41, 5.74) is 1.53. The van der Waals surface area contributed by atoms with Gasteiger partial charge in [0.25, 0.3) is 0 Å². The zero-order valence-electron chi connectivity index (χ0n) is 19.2. The van der Waals surface area contributed by atoms with Crippen LogP contribution < -0.4 is 0 Å². The Morgan fingerprint density at radius 2 is 1.91 bits per heavy atom. The van der Waals surface area contributed by atoms with Crippen molar-refractivity contribution in [3.63, 3.8) is 0 Å². The van der Waals surface area contributed by atoms with Crippen molar-refractivity contribution in [2.24, 2.45) is 5.92 Å². The maximum absolute atomic E-state index is 14.7. The van der Waals surface area contributed by atoms with Gasteiger partial charge in [-0.1, -0.05) is 24.3 Å². The SMILES string of the molecule is O=C(O)CCN1CCN(C/C=C2\CN(C(C(=O)C3CC3)c3ccccc3F)CCC2S)CC1=O. The molecule has 2 atom stereocenters. The van der Waals surface area contributed by atoms with Crippen molar-refractivity contribution in [3.05, 3.63) is 47.3 Å². The number of thiol groups is 1. The lowest BCUT2D eigenvalue weighted by atomic mass is 9.93. The van der Waals surface area contributed by atoms with E-state index in [1.807, 2.05) is 4.90 Å². The number of carbonyl (C=O) groups is 3. The second kappa shape index (κ2) is 11.0. The number of hydrogen-bond acceptors (Lipinski definition) is 6. The number of carboxylic acid groups (broad SMARTS) is 1. The number of ketones is 1. The summed E-state index contributed by atoms with van der Waals surface area (Å²) in [5, 5.41) is 8.90. The zero-order chi connectivity index (χ0) is 24.2. The molecule has 1 N–H and O–H groups in total. The lowest BCUT2D eigenvalue weighted by molar-refractivity contribution is -0.140. The highest BCUT2D eigenvalue weighted by Crippen LogP contribution is 2.39. The Labute approximate surface area is 205 Å². The molecule has 1 amide bonds. The fraction of sp³-hybridized carbons (Fsp3) is 0.560. The van der Waals surface area contributed by atoms with Crippen molar-refractivity contribution in [1.82, 2.24) is 14.7 Å². The summed E-state index contributed by atoms with van der Waals surface area (Å²) in [4.78, 5) is 42.1. The normalized spacial score (nSPS) is 24.4. The Morgan fingerprint density at radius 1 is 1.15 bits per heavy atom. The summed E-state index contributed by atoms with van der Waals surface area (Å²) in [5.74, 6) is -1.19. The standard InChI is InChI=1S/C25H32FN3O4S/c26-20-4-2-1-3-19(20)24(25(33)17-5-6-17)29-11-8-21(34)18(15-29)7-10-27-13-14-28(22(30)16-27)12-9-23(31)32/h1-4,7,17,21,24,34H,5-6,8-16H2,(H,31,32)/b18-7+. The molecule has 2 saturated heterocycles. The minimum Gasteiger partial charge on any atom is -0.481 e. The first kappa shape index (κ1) is 24.9. The van der Waals surface area contributed by atoms with E-state index in [1.54, 1.807) is 23.1 Å². The number of likely N-dealkylation sites (tertiary alicyclic amines) is 1. The lowest BCUT2D eigenvalue weighted by Crippen LogP contribution is -2.50. The molecule has 9 heteroatoms. The Hall–Kier alpha value is -2.23. The minimum atomic E-state index is -0.907. The van der Waals surface area contributed by atoms with Crippen LogP contribution in [0.1, 0.15) is 37.3 Å². The molecule has 4 rings (SSSR count). The van der Waals surface area contributed by atoms with E-state index in [9.17, 15) is 18.8 Å². The molecule has 2 heterocycles. The number of carbonyl (C=O) groups excluding carboxylic acids is 2. The summed E-state index contributed by atoms with van der Waals surface area (Å²) >= 11 is 4.75. The summed E-state index contributed by atoms with van der Waals surface area (Å²) in [6, 6.07) is 5.97. The first-order chi connectivity index (χ1) is 16.3. The topological polar surface area (TPSA) is 81.2 Å². The van der Waals surface area contributed by atoms with E-state index < -0.39 is 12.0 Å². The number of nitrogens with zero attached hydrogens (tertiary/aromatic N) is 3. The van der Waals surface area contributed by atoms with Crippen molar-refractivity contribution >= 4 is 30.3 Å². The lowest BCUT2D eigenvalue weighted by Gasteiger charge is -2.38. The predicted molar refractivity (Wildman–Crippen MR) is 129 cm³/mol. The van der Waals surface area contributed by atoms with Gasteiger partial charge < -0.3 is 10.0 Å². The molecule has 7 nitrogen and oxygen atoms in total. The second-order valence-electron chi connectivity index (χ2n) is 9.41. The maximum Gasteiger partial charge on any atom is 0.305 e. The van der Waals surface area contributed by atoms with Gasteiger partial charge >= 0.3 is 5.97 Å². The number of hydrogen-bond donors (Lipinski definition) is 2. The van der Waals surface area contributed by atoms with E-state index in [0.29, 0.717) is 38.3 Å². The monoisotopic (exact) mass is 489 g/mol. The van der Waals surface area contributed by atoms with Crippen molar-refractivity contribution in [1.29, 1.82) is 0 Å². The summed E-state index contributed by atoms with van der Waals surface area (Å²) in [6.45, 7) is 3.47. The maximum atomic E-state index is 14.7. The number of Topliss-reactive ketones (excluding diaryl/α,β-unsaturated/α-hetero) is 1. The molecule has 1 aliphatic carbocycles. The minimum absolute atomic E-state index is 0.0224. The molecule has 3 fully saturated rings. The van der Waals surface area contributed by atoms with Gasteiger partial charge in [0.05, 0.1) is 19.0 Å². The highest BCUT2D eigenvalue weighted by Gasteiger charge is 2.40. The molecule has 0 aromatic heterocycles. The van der Waals surface area contributed by atoms with Crippen LogP contribution in [0, 0.1) is 11.7 Å². The van der Waals surface area contributed by atoms with Crippen LogP contribution in [-0.2, 0) is 14.4 Å². The van der Waals surface area contributed by atoms with Gasteiger partial charge in [0.1, 0.15) is 5.82 Å². The van der Waals surface area contributed by atoms with Gasteiger partial charge in [-0.15, -0.1) is 0 Å². The number of carboxylic acids is 1. The Balaban J connectivity index is 1.42. The first-order valence-corrected chi connectivity index (χ1v) is 12.5. The fourth-order valence-electron chi connectivity index (χ4n) is 4.76. The smallest absolute Gasteiger partial charge is 0.305 e. The molecular formula is C25H32FN3O4S. The van der Waals surface area contributed by atoms with E-state index in [2.05, 4.69) is 11.0 Å². The van der Waals surface area contributed by atoms with Crippen LogP contribution in [0.5, 0.6) is 0 Å². The molecule has 34 heavy (non-hydrogen) atoms. The number of benzene rings is 1. The summed E-state index contributed by atoms with van der Waals surface area (Å²) in [6.07, 6.45) is 4.56. The Kier molecular flexibility index (Phi) is 8.06. The molecule has 0 bridgehead atoms. The third-order valence-corrected chi connectivity index (χ3v) is 7.51. The number of piperazine rings is 1. The van der Waals surface area contributed by atoms with E-state index in [-0.39, 0.29) is 48.2 Å². The van der Waals surface area contributed by atoms with Gasteiger partial charge in [-0.2, -0.15) is 12.6 Å². The number of rotatable bonds is 9. The summed E-state index contributed by atoms with van der Waals surface area (Å²) < 4.78 is 14.7. The number of halogens is 1. The number of amides is 1. The third kappa shape index (κ3) is 6.06. The van der Waals surface area contributed by atoms with E-state index >= 15 is 0 Å². The molecule has 0 spiro atoms. The molecule has 1 aromatic rings. The van der Waals surface area contributed by atoms with Gasteiger partial charge in [0, 0.05) is 56.0 Å². The van der Waals surface area contributed by atoms with Gasteiger partial charge in [-0.25, -0.2) is 4.39 Å². The van der Waals surface area contributed by atoms with E-state index in [1.165, 1.54) is 6.07 Å². The predicted octanol–water partition coefficient (Wildman–Crippen LogP) is 2.40. The first-order valence-electron chi connectivity index (χ1n) is 11.9. The average molecular weight is 490 g/mol. The molecular weight excluding hydrogens is 457 g/mol. The van der Waals surface area contributed by atoms with Crippen LogP contribution in [-0.4, -0.2) is 88.5 Å². The average Bonchev–Trinajstić information content (AvgIpc) is 3.65. The van der Waals surface area contributed by atoms with Crippen LogP contribution in [0.4, 0.5) is 4.39 Å². The molecule has 1 aromatic carbocycles. The largest absolute Gasteiger partial charge is 0.481 e. The molecule has 1 saturated carbocycles. The van der Waals surface area contributed by atoms with Gasteiger partial charge in [-0.3, -0.25) is 24.2 Å². The summed E-state index contributed by atoms with van der Waals surface area (Å²) in [7, 11) is 0. The van der Waals surface area contributed by atoms with Crippen LogP contribution in [0.25, 0.3) is 0 Å². The van der Waals surface area contributed by atoms with Crippen molar-refractivity contribution in [3.8, 4) is 0 Å². The molecule has 184 valence electrons. The van der Waals surface area contributed by atoms with Crippen LogP contribution >= 0.6 is 12.6 Å². The van der Waals surface area contributed by atoms with Crippen LogP contribution in [0.15, 0.2) is 35.9 Å². The van der Waals surface area contributed by atoms with Crippen molar-refractivity contribution < 1.29 is 23.9 Å². The highest BCUT2D eigenvalue weighted by molar-refractivity contribution is 7.81. The van der Waals surface area contributed by atoms with Crippen molar-refractivity contribution in [2.45, 2.75) is 37.0 Å². The fourth-order valence-corrected chi connectivity index (χ4v) is 5.06. The van der Waals surface area contributed by atoms with Crippen molar-refractivity contribution in [2.75, 3.05) is 45.8 Å². The van der Waals surface area contributed by atoms with Gasteiger partial charge in [0.15, 0.2) is 5.78 Å². The molecule has 2 unspecified atom stereocenters. The quantitative estimate of drug-likeness (QED) is 0.410. The Bertz CT molecular complexity index is 967. The molecule has 3 aliphatic rings. The zero-order valence-corrected chi connectivity index (χ0v) is 20.1. The number of aliphatic carboxylic acids is 1.